The molecule has 0 spiro atoms. The minimum absolute atomic E-state index is 0.0583. The summed E-state index contributed by atoms with van der Waals surface area (Å²) in [5.41, 5.74) is 2.03. The minimum Gasteiger partial charge on any atom is -0.496 e. The van der Waals surface area contributed by atoms with E-state index in [-0.39, 0.29) is 4.90 Å². The molecule has 21 heavy (non-hydrogen) atoms. The summed E-state index contributed by atoms with van der Waals surface area (Å²) in [6.45, 7) is 2.32. The fourth-order valence-electron chi connectivity index (χ4n) is 1.91. The van der Waals surface area contributed by atoms with E-state index in [0.29, 0.717) is 12.4 Å². The molecular formula is C15H17NO4S. The molecule has 0 heterocycles. The minimum atomic E-state index is -3.68. The predicted molar refractivity (Wildman–Crippen MR) is 79.9 cm³/mol. The molecule has 2 aromatic carbocycles. The Morgan fingerprint density at radius 1 is 1.10 bits per heavy atom. The number of nitrogens with two attached hydrogens (primary N) is 1. The smallest absolute Gasteiger partial charge is 0.238 e. The van der Waals surface area contributed by atoms with Crippen LogP contribution in [0.15, 0.2) is 47.4 Å². The molecule has 0 aliphatic rings. The van der Waals surface area contributed by atoms with Gasteiger partial charge in [0.2, 0.25) is 10.0 Å². The van der Waals surface area contributed by atoms with E-state index >= 15 is 0 Å². The first kappa shape index (κ1) is 15.3. The van der Waals surface area contributed by atoms with Crippen molar-refractivity contribution in [1.82, 2.24) is 0 Å². The first-order chi connectivity index (χ1) is 9.90. The SMILES string of the molecule is COc1ccc(C)cc1COc1ccc(S(N)(=O)=O)cc1. The number of hydrogen-bond acceptors (Lipinski definition) is 4. The maximum absolute atomic E-state index is 11.2. The highest BCUT2D eigenvalue weighted by Gasteiger charge is 2.08. The van der Waals surface area contributed by atoms with Crippen LogP contribution in [-0.2, 0) is 16.6 Å². The summed E-state index contributed by atoms with van der Waals surface area (Å²) in [6, 6.07) is 11.8. The number of rotatable bonds is 5. The average molecular weight is 307 g/mol. The van der Waals surface area contributed by atoms with Gasteiger partial charge in [-0.15, -0.1) is 0 Å². The van der Waals surface area contributed by atoms with Gasteiger partial charge in [-0.05, 0) is 43.3 Å². The van der Waals surface area contributed by atoms with Crippen LogP contribution >= 0.6 is 0 Å². The summed E-state index contributed by atoms with van der Waals surface area (Å²) in [7, 11) is -2.07. The van der Waals surface area contributed by atoms with Crippen molar-refractivity contribution in [3.63, 3.8) is 0 Å². The number of ether oxygens (including phenoxy) is 2. The highest BCUT2D eigenvalue weighted by molar-refractivity contribution is 7.89. The highest BCUT2D eigenvalue weighted by Crippen LogP contribution is 2.22. The molecule has 2 N–H and O–H groups in total. The summed E-state index contributed by atoms with van der Waals surface area (Å²) in [6.07, 6.45) is 0. The molecule has 0 unspecified atom stereocenters. The second-order valence-electron chi connectivity index (χ2n) is 4.62. The molecule has 0 radical (unpaired) electrons. The van der Waals surface area contributed by atoms with Crippen LogP contribution in [-0.4, -0.2) is 15.5 Å². The van der Waals surface area contributed by atoms with Gasteiger partial charge in [0, 0.05) is 5.56 Å². The Labute approximate surface area is 124 Å². The molecule has 5 nitrogen and oxygen atoms in total. The molecule has 0 bridgehead atoms. The van der Waals surface area contributed by atoms with E-state index < -0.39 is 10.0 Å². The molecule has 112 valence electrons. The second-order valence-corrected chi connectivity index (χ2v) is 6.18. The quantitative estimate of drug-likeness (QED) is 0.918. The van der Waals surface area contributed by atoms with Crippen LogP contribution in [0.3, 0.4) is 0 Å². The van der Waals surface area contributed by atoms with Gasteiger partial charge in [0.05, 0.1) is 12.0 Å². The fourth-order valence-corrected chi connectivity index (χ4v) is 2.42. The lowest BCUT2D eigenvalue weighted by atomic mass is 10.1. The van der Waals surface area contributed by atoms with Crippen LogP contribution in [0.2, 0.25) is 0 Å². The van der Waals surface area contributed by atoms with Gasteiger partial charge in [-0.3, -0.25) is 0 Å². The van der Waals surface area contributed by atoms with Crippen LogP contribution < -0.4 is 14.6 Å². The summed E-state index contributed by atoms with van der Waals surface area (Å²) < 4.78 is 33.2. The van der Waals surface area contributed by atoms with Crippen molar-refractivity contribution in [2.75, 3.05) is 7.11 Å². The summed E-state index contributed by atoms with van der Waals surface area (Å²) in [5, 5.41) is 5.04. The van der Waals surface area contributed by atoms with Crippen molar-refractivity contribution in [2.45, 2.75) is 18.4 Å². The van der Waals surface area contributed by atoms with Crippen molar-refractivity contribution in [2.24, 2.45) is 5.14 Å². The number of hydrogen-bond donors (Lipinski definition) is 1. The number of benzene rings is 2. The van der Waals surface area contributed by atoms with Gasteiger partial charge in [-0.2, -0.15) is 0 Å². The van der Waals surface area contributed by atoms with Crippen LogP contribution in [0, 0.1) is 6.92 Å². The zero-order chi connectivity index (χ0) is 15.5. The number of methoxy groups -OCH3 is 1. The lowest BCUT2D eigenvalue weighted by Gasteiger charge is -2.11. The summed E-state index contributed by atoms with van der Waals surface area (Å²) >= 11 is 0. The zero-order valence-electron chi connectivity index (χ0n) is 11.9. The predicted octanol–water partition coefficient (Wildman–Crippen LogP) is 2.23. The normalized spacial score (nSPS) is 11.2. The Morgan fingerprint density at radius 2 is 1.76 bits per heavy atom. The molecule has 0 aliphatic carbocycles. The second kappa shape index (κ2) is 6.15. The van der Waals surface area contributed by atoms with Gasteiger partial charge in [0.15, 0.2) is 0 Å². The fraction of sp³-hybridized carbons (Fsp3) is 0.200. The van der Waals surface area contributed by atoms with Crippen LogP contribution in [0.4, 0.5) is 0 Å². The van der Waals surface area contributed by atoms with Gasteiger partial charge in [0.1, 0.15) is 18.1 Å². The molecule has 0 fully saturated rings. The molecule has 0 aromatic heterocycles. The number of primary sulfonamides is 1. The van der Waals surface area contributed by atoms with Crippen LogP contribution in [0.5, 0.6) is 11.5 Å². The summed E-state index contributed by atoms with van der Waals surface area (Å²) in [4.78, 5) is 0.0583. The Hall–Kier alpha value is -2.05. The van der Waals surface area contributed by atoms with Crippen LogP contribution in [0.1, 0.15) is 11.1 Å². The maximum atomic E-state index is 11.2. The largest absolute Gasteiger partial charge is 0.496 e. The van der Waals surface area contributed by atoms with E-state index in [2.05, 4.69) is 0 Å². The third-order valence-corrected chi connectivity index (χ3v) is 3.91. The standard InChI is InChI=1S/C15H17NO4S/c1-11-3-8-15(19-2)12(9-11)10-20-13-4-6-14(7-5-13)21(16,17)18/h3-9H,10H2,1-2H3,(H2,16,17,18). The summed E-state index contributed by atoms with van der Waals surface area (Å²) in [5.74, 6) is 1.31. The van der Waals surface area contributed by atoms with E-state index in [1.54, 1.807) is 19.2 Å². The van der Waals surface area contributed by atoms with E-state index in [1.807, 2.05) is 25.1 Å². The maximum Gasteiger partial charge on any atom is 0.238 e. The first-order valence-corrected chi connectivity index (χ1v) is 7.84. The van der Waals surface area contributed by atoms with Crippen molar-refractivity contribution >= 4 is 10.0 Å². The number of sulfonamides is 1. The van der Waals surface area contributed by atoms with E-state index in [4.69, 9.17) is 14.6 Å². The third-order valence-electron chi connectivity index (χ3n) is 2.98. The topological polar surface area (TPSA) is 78.6 Å². The number of aryl methyl sites for hydroxylation is 1. The molecule has 0 saturated carbocycles. The molecule has 2 rings (SSSR count). The third kappa shape index (κ3) is 3.96. The lowest BCUT2D eigenvalue weighted by Crippen LogP contribution is -2.11. The molecular weight excluding hydrogens is 290 g/mol. The van der Waals surface area contributed by atoms with E-state index in [1.165, 1.54) is 12.1 Å². The Kier molecular flexibility index (Phi) is 4.50. The van der Waals surface area contributed by atoms with Crippen molar-refractivity contribution in [1.29, 1.82) is 0 Å². The molecule has 2 aromatic rings. The van der Waals surface area contributed by atoms with Crippen molar-refractivity contribution < 1.29 is 17.9 Å². The first-order valence-electron chi connectivity index (χ1n) is 6.29. The van der Waals surface area contributed by atoms with Gasteiger partial charge >= 0.3 is 0 Å². The van der Waals surface area contributed by atoms with Gasteiger partial charge in [0.25, 0.3) is 0 Å². The van der Waals surface area contributed by atoms with Gasteiger partial charge in [-0.25, -0.2) is 13.6 Å². The van der Waals surface area contributed by atoms with Crippen molar-refractivity contribution in [3.8, 4) is 11.5 Å². The molecule has 0 aliphatic heterocycles. The Morgan fingerprint density at radius 3 is 2.33 bits per heavy atom. The van der Waals surface area contributed by atoms with Crippen LogP contribution in [0.25, 0.3) is 0 Å². The molecule has 0 amide bonds. The Balaban J connectivity index is 2.12. The van der Waals surface area contributed by atoms with Gasteiger partial charge in [-0.1, -0.05) is 11.6 Å². The highest BCUT2D eigenvalue weighted by atomic mass is 32.2. The van der Waals surface area contributed by atoms with E-state index in [0.717, 1.165) is 16.9 Å². The zero-order valence-corrected chi connectivity index (χ0v) is 12.7. The molecule has 0 saturated heterocycles. The monoisotopic (exact) mass is 307 g/mol. The average Bonchev–Trinajstić information content (AvgIpc) is 2.45. The Bertz CT molecular complexity index is 724. The van der Waals surface area contributed by atoms with Gasteiger partial charge < -0.3 is 9.47 Å². The molecule has 6 heteroatoms. The molecule has 0 atom stereocenters. The lowest BCUT2D eigenvalue weighted by molar-refractivity contribution is 0.296. The van der Waals surface area contributed by atoms with E-state index in [9.17, 15) is 8.42 Å². The van der Waals surface area contributed by atoms with Crippen molar-refractivity contribution in [3.05, 3.63) is 53.6 Å².